The SMILES string of the molecule is O[Si](O)(O)c1ccccc1.[SiH3]c1ccccc1. The smallest absolute Gasteiger partial charge is 0.386 e. The molecule has 0 saturated carbocycles. The second kappa shape index (κ2) is 6.48. The zero-order chi connectivity index (χ0) is 12.7. The molecule has 0 atom stereocenters. The van der Waals surface area contributed by atoms with Crippen LogP contribution in [-0.4, -0.2) is 33.4 Å². The van der Waals surface area contributed by atoms with E-state index in [2.05, 4.69) is 24.3 Å². The fourth-order valence-corrected chi connectivity index (χ4v) is 2.22. The Bertz CT molecular complexity index is 427. The van der Waals surface area contributed by atoms with E-state index in [1.165, 1.54) is 27.6 Å². The molecule has 90 valence electrons. The molecule has 0 aliphatic rings. The van der Waals surface area contributed by atoms with Gasteiger partial charge in [-0.25, -0.2) is 0 Å². The molecule has 0 amide bonds. The first kappa shape index (κ1) is 13.8. The van der Waals surface area contributed by atoms with Gasteiger partial charge in [0.2, 0.25) is 0 Å². The summed E-state index contributed by atoms with van der Waals surface area (Å²) in [6, 6.07) is 18.5. The maximum absolute atomic E-state index is 8.74. The first-order valence-corrected chi connectivity index (χ1v) is 8.08. The quantitative estimate of drug-likeness (QED) is 0.549. The third-order valence-corrected chi connectivity index (χ3v) is 3.88. The summed E-state index contributed by atoms with van der Waals surface area (Å²) in [5.74, 6) is 0. The molecule has 3 N–H and O–H groups in total. The van der Waals surface area contributed by atoms with Crippen LogP contribution in [0.2, 0.25) is 0 Å². The lowest BCUT2D eigenvalue weighted by Crippen LogP contribution is -2.48. The van der Waals surface area contributed by atoms with Crippen LogP contribution in [0.15, 0.2) is 60.7 Å². The number of benzene rings is 2. The zero-order valence-electron chi connectivity index (χ0n) is 9.62. The van der Waals surface area contributed by atoms with Crippen LogP contribution in [0.5, 0.6) is 0 Å². The van der Waals surface area contributed by atoms with Gasteiger partial charge in [0.1, 0.15) is 0 Å². The summed E-state index contributed by atoms with van der Waals surface area (Å²) < 4.78 is 0. The van der Waals surface area contributed by atoms with Crippen molar-refractivity contribution >= 4 is 29.4 Å². The van der Waals surface area contributed by atoms with Gasteiger partial charge >= 0.3 is 8.80 Å². The van der Waals surface area contributed by atoms with Gasteiger partial charge in [-0.2, -0.15) is 0 Å². The minimum atomic E-state index is -4.03. The molecule has 0 heterocycles. The fraction of sp³-hybridized carbons (Fsp3) is 0. The molecule has 2 aromatic rings. The molecular formula is C12H16O3Si2. The van der Waals surface area contributed by atoms with E-state index in [1.807, 2.05) is 6.07 Å². The summed E-state index contributed by atoms with van der Waals surface area (Å²) in [6.07, 6.45) is 0. The molecule has 0 aliphatic heterocycles. The monoisotopic (exact) mass is 264 g/mol. The summed E-state index contributed by atoms with van der Waals surface area (Å²) in [6.45, 7) is 0. The summed E-state index contributed by atoms with van der Waals surface area (Å²) in [5, 5.41) is 1.66. The summed E-state index contributed by atoms with van der Waals surface area (Å²) in [4.78, 5) is 26.2. The van der Waals surface area contributed by atoms with Crippen LogP contribution in [0, 0.1) is 0 Å². The van der Waals surface area contributed by atoms with Crippen molar-refractivity contribution in [1.82, 2.24) is 0 Å². The van der Waals surface area contributed by atoms with Crippen LogP contribution < -0.4 is 10.4 Å². The molecule has 0 aromatic heterocycles. The van der Waals surface area contributed by atoms with E-state index < -0.39 is 8.80 Å². The lowest BCUT2D eigenvalue weighted by atomic mass is 10.4. The molecule has 0 saturated heterocycles. The van der Waals surface area contributed by atoms with Crippen LogP contribution in [-0.2, 0) is 0 Å². The Hall–Kier alpha value is -1.25. The first-order valence-electron chi connectivity index (χ1n) is 5.24. The van der Waals surface area contributed by atoms with E-state index in [-0.39, 0.29) is 5.19 Å². The van der Waals surface area contributed by atoms with Gasteiger partial charge < -0.3 is 14.4 Å². The lowest BCUT2D eigenvalue weighted by molar-refractivity contribution is 0.250. The second-order valence-corrected chi connectivity index (χ2v) is 6.66. The van der Waals surface area contributed by atoms with Crippen molar-refractivity contribution < 1.29 is 14.4 Å². The van der Waals surface area contributed by atoms with E-state index in [0.717, 1.165) is 0 Å². The van der Waals surface area contributed by atoms with Crippen LogP contribution >= 0.6 is 0 Å². The van der Waals surface area contributed by atoms with Crippen molar-refractivity contribution in [3.8, 4) is 0 Å². The highest BCUT2D eigenvalue weighted by Crippen LogP contribution is 1.89. The van der Waals surface area contributed by atoms with Gasteiger partial charge in [0.05, 0.1) is 0 Å². The summed E-state index contributed by atoms with van der Waals surface area (Å²) >= 11 is 0. The summed E-state index contributed by atoms with van der Waals surface area (Å²) in [5.41, 5.74) is 0. The third kappa shape index (κ3) is 5.57. The van der Waals surface area contributed by atoms with E-state index in [4.69, 9.17) is 14.4 Å². The Kier molecular flexibility index (Phi) is 5.27. The van der Waals surface area contributed by atoms with E-state index in [9.17, 15) is 0 Å². The molecule has 2 aromatic carbocycles. The van der Waals surface area contributed by atoms with Crippen LogP contribution in [0.25, 0.3) is 0 Å². The first-order chi connectivity index (χ1) is 8.00. The molecule has 0 radical (unpaired) electrons. The van der Waals surface area contributed by atoms with Crippen molar-refractivity contribution in [2.75, 3.05) is 0 Å². The standard InChI is InChI=1S/C6H8O3Si.C6H8Si/c7-10(8,9)6-4-2-1-3-5-6;7-6-4-2-1-3-5-6/h1-5,7-9H;1-5H,7H3. The van der Waals surface area contributed by atoms with E-state index in [1.54, 1.807) is 18.2 Å². The highest BCUT2D eigenvalue weighted by atomic mass is 28.4. The molecule has 0 unspecified atom stereocenters. The molecule has 3 nitrogen and oxygen atoms in total. The van der Waals surface area contributed by atoms with E-state index in [0.29, 0.717) is 0 Å². The minimum absolute atomic E-state index is 0.204. The predicted molar refractivity (Wildman–Crippen MR) is 74.5 cm³/mol. The van der Waals surface area contributed by atoms with Gasteiger partial charge in [-0.1, -0.05) is 65.9 Å². The summed E-state index contributed by atoms with van der Waals surface area (Å²) in [7, 11) is -2.86. The van der Waals surface area contributed by atoms with Crippen molar-refractivity contribution in [3.63, 3.8) is 0 Å². The maximum Gasteiger partial charge on any atom is 0.528 e. The molecule has 0 fully saturated rings. The zero-order valence-corrected chi connectivity index (χ0v) is 12.6. The Morgan fingerprint density at radius 2 is 1.12 bits per heavy atom. The number of hydrogen-bond donors (Lipinski definition) is 3. The average molecular weight is 264 g/mol. The maximum atomic E-state index is 8.74. The van der Waals surface area contributed by atoms with Crippen LogP contribution in [0.3, 0.4) is 0 Å². The number of hydrogen-bond acceptors (Lipinski definition) is 3. The predicted octanol–water partition coefficient (Wildman–Crippen LogP) is -1.51. The van der Waals surface area contributed by atoms with E-state index >= 15 is 0 Å². The average Bonchev–Trinajstić information content (AvgIpc) is 2.31. The third-order valence-electron chi connectivity index (χ3n) is 2.10. The molecule has 17 heavy (non-hydrogen) atoms. The molecule has 5 heteroatoms. The molecule has 0 spiro atoms. The topological polar surface area (TPSA) is 60.7 Å². The van der Waals surface area contributed by atoms with Gasteiger partial charge in [0, 0.05) is 15.4 Å². The molecule has 2 rings (SSSR count). The Labute approximate surface area is 105 Å². The van der Waals surface area contributed by atoms with Gasteiger partial charge in [0.25, 0.3) is 0 Å². The van der Waals surface area contributed by atoms with Crippen LogP contribution in [0.1, 0.15) is 0 Å². The second-order valence-electron chi connectivity index (χ2n) is 3.66. The number of rotatable bonds is 1. The van der Waals surface area contributed by atoms with Gasteiger partial charge in [-0.15, -0.1) is 0 Å². The van der Waals surface area contributed by atoms with Crippen molar-refractivity contribution in [2.24, 2.45) is 0 Å². The minimum Gasteiger partial charge on any atom is -0.386 e. The molecule has 0 bridgehead atoms. The van der Waals surface area contributed by atoms with Gasteiger partial charge in [-0.05, 0) is 0 Å². The van der Waals surface area contributed by atoms with Crippen LogP contribution in [0.4, 0.5) is 0 Å². The Morgan fingerprint density at radius 3 is 1.35 bits per heavy atom. The molecular weight excluding hydrogens is 248 g/mol. The highest BCUT2D eigenvalue weighted by Gasteiger charge is 2.29. The molecule has 0 aliphatic carbocycles. The Morgan fingerprint density at radius 1 is 0.706 bits per heavy atom. The van der Waals surface area contributed by atoms with Gasteiger partial charge in [0.15, 0.2) is 0 Å². The van der Waals surface area contributed by atoms with Crippen molar-refractivity contribution in [3.05, 3.63) is 60.7 Å². The lowest BCUT2D eigenvalue weighted by Gasteiger charge is -2.07. The normalized spacial score (nSPS) is 10.5. The van der Waals surface area contributed by atoms with Gasteiger partial charge in [-0.3, -0.25) is 0 Å². The van der Waals surface area contributed by atoms with Crippen molar-refractivity contribution in [1.29, 1.82) is 0 Å². The largest absolute Gasteiger partial charge is 0.528 e. The highest BCUT2D eigenvalue weighted by molar-refractivity contribution is 6.71. The fourth-order valence-electron chi connectivity index (χ4n) is 1.20. The Balaban J connectivity index is 0.000000181. The van der Waals surface area contributed by atoms with Crippen molar-refractivity contribution in [2.45, 2.75) is 0 Å².